The number of amides is 1. The first-order chi connectivity index (χ1) is 9.86. The Morgan fingerprint density at radius 2 is 2.00 bits per heavy atom. The molecule has 1 N–H and O–H groups in total. The first-order valence-electron chi connectivity index (χ1n) is 7.33. The topological polar surface area (TPSA) is 41.6 Å². The summed E-state index contributed by atoms with van der Waals surface area (Å²) in [5.41, 5.74) is 1.97. The van der Waals surface area contributed by atoms with Gasteiger partial charge in [-0.05, 0) is 61.3 Å². The number of nitrogens with zero attached hydrogens (tertiary/aromatic N) is 1. The number of aryl methyl sites for hydroxylation is 1. The van der Waals surface area contributed by atoms with E-state index >= 15 is 0 Å². The summed E-state index contributed by atoms with van der Waals surface area (Å²) in [6, 6.07) is 5.74. The highest BCUT2D eigenvalue weighted by Crippen LogP contribution is 2.24. The van der Waals surface area contributed by atoms with Crippen molar-refractivity contribution in [1.82, 2.24) is 4.90 Å². The van der Waals surface area contributed by atoms with Crippen molar-refractivity contribution in [3.8, 4) is 0 Å². The highest BCUT2D eigenvalue weighted by molar-refractivity contribution is 9.10. The van der Waals surface area contributed by atoms with E-state index in [0.29, 0.717) is 0 Å². The van der Waals surface area contributed by atoms with Crippen LogP contribution in [0.5, 0.6) is 0 Å². The minimum Gasteiger partial charge on any atom is -0.373 e. The number of hydrogen-bond acceptors (Lipinski definition) is 3. The van der Waals surface area contributed by atoms with Crippen molar-refractivity contribution >= 4 is 27.5 Å². The van der Waals surface area contributed by atoms with Gasteiger partial charge in [0.05, 0.1) is 23.9 Å². The van der Waals surface area contributed by atoms with Gasteiger partial charge in [-0.3, -0.25) is 9.69 Å². The SMILES string of the molecule is Cc1ccc(NC(=O)[C@@H](C)N2C[C@@H](C)O[C@@H](C)C2)c(Br)c1. The Hall–Kier alpha value is -0.910. The molecule has 21 heavy (non-hydrogen) atoms. The summed E-state index contributed by atoms with van der Waals surface area (Å²) in [7, 11) is 0. The molecule has 3 atom stereocenters. The van der Waals surface area contributed by atoms with Crippen LogP contribution in [0.4, 0.5) is 5.69 Å². The van der Waals surface area contributed by atoms with E-state index in [2.05, 4.69) is 26.1 Å². The molecule has 0 saturated carbocycles. The number of morpholine rings is 1. The molecule has 0 aromatic heterocycles. The molecule has 1 aromatic carbocycles. The molecule has 0 bridgehead atoms. The zero-order valence-electron chi connectivity index (χ0n) is 13.0. The molecule has 1 aliphatic heterocycles. The van der Waals surface area contributed by atoms with E-state index in [1.807, 2.05) is 45.9 Å². The number of halogens is 1. The van der Waals surface area contributed by atoms with Crippen molar-refractivity contribution in [1.29, 1.82) is 0 Å². The number of hydrogen-bond donors (Lipinski definition) is 1. The predicted molar refractivity (Wildman–Crippen MR) is 88.6 cm³/mol. The minimum absolute atomic E-state index is 0.0147. The van der Waals surface area contributed by atoms with E-state index < -0.39 is 0 Å². The first-order valence-corrected chi connectivity index (χ1v) is 8.12. The van der Waals surface area contributed by atoms with Gasteiger partial charge < -0.3 is 10.1 Å². The van der Waals surface area contributed by atoms with Crippen LogP contribution in [0.2, 0.25) is 0 Å². The molecule has 1 aromatic rings. The van der Waals surface area contributed by atoms with Crippen LogP contribution in [0.3, 0.4) is 0 Å². The fraction of sp³-hybridized carbons (Fsp3) is 0.562. The molecule has 0 radical (unpaired) electrons. The number of anilines is 1. The van der Waals surface area contributed by atoms with Crippen LogP contribution in [-0.4, -0.2) is 42.1 Å². The van der Waals surface area contributed by atoms with Gasteiger partial charge in [0.15, 0.2) is 0 Å². The Morgan fingerprint density at radius 1 is 1.38 bits per heavy atom. The molecular weight excluding hydrogens is 332 g/mol. The van der Waals surface area contributed by atoms with Gasteiger partial charge in [-0.1, -0.05) is 6.07 Å². The number of rotatable bonds is 3. The van der Waals surface area contributed by atoms with Gasteiger partial charge in [0.25, 0.3) is 0 Å². The van der Waals surface area contributed by atoms with Gasteiger partial charge in [0, 0.05) is 17.6 Å². The first kappa shape index (κ1) is 16.5. The van der Waals surface area contributed by atoms with Gasteiger partial charge in [-0.15, -0.1) is 0 Å². The van der Waals surface area contributed by atoms with Gasteiger partial charge in [-0.25, -0.2) is 0 Å². The second kappa shape index (κ2) is 6.90. The summed E-state index contributed by atoms with van der Waals surface area (Å²) < 4.78 is 6.63. The second-order valence-electron chi connectivity index (χ2n) is 5.86. The highest BCUT2D eigenvalue weighted by atomic mass is 79.9. The molecule has 2 rings (SSSR count). The zero-order chi connectivity index (χ0) is 15.6. The summed E-state index contributed by atoms with van der Waals surface area (Å²) in [5.74, 6) is 0.0147. The largest absolute Gasteiger partial charge is 0.373 e. The smallest absolute Gasteiger partial charge is 0.241 e. The van der Waals surface area contributed by atoms with E-state index in [0.717, 1.165) is 28.8 Å². The maximum absolute atomic E-state index is 12.4. The van der Waals surface area contributed by atoms with Gasteiger partial charge in [0.1, 0.15) is 0 Å². The Kier molecular flexibility index (Phi) is 5.41. The van der Waals surface area contributed by atoms with Crippen molar-refractivity contribution in [2.24, 2.45) is 0 Å². The molecular formula is C16H23BrN2O2. The van der Waals surface area contributed by atoms with Crippen LogP contribution in [0, 0.1) is 6.92 Å². The third-order valence-electron chi connectivity index (χ3n) is 3.76. The average molecular weight is 355 g/mol. The number of carbonyl (C=O) groups is 1. The summed E-state index contributed by atoms with van der Waals surface area (Å²) >= 11 is 3.49. The van der Waals surface area contributed by atoms with Crippen LogP contribution < -0.4 is 5.32 Å². The number of ether oxygens (including phenoxy) is 1. The summed E-state index contributed by atoms with van der Waals surface area (Å²) in [4.78, 5) is 14.6. The molecule has 1 aliphatic rings. The molecule has 116 valence electrons. The van der Waals surface area contributed by atoms with E-state index in [-0.39, 0.29) is 24.2 Å². The van der Waals surface area contributed by atoms with Crippen LogP contribution in [-0.2, 0) is 9.53 Å². The molecule has 1 amide bonds. The fourth-order valence-electron chi connectivity index (χ4n) is 2.66. The van der Waals surface area contributed by atoms with Gasteiger partial charge >= 0.3 is 0 Å². The van der Waals surface area contributed by atoms with Crippen LogP contribution >= 0.6 is 15.9 Å². The number of carbonyl (C=O) groups excluding carboxylic acids is 1. The van der Waals surface area contributed by atoms with Crippen LogP contribution in [0.1, 0.15) is 26.3 Å². The molecule has 1 saturated heterocycles. The number of benzene rings is 1. The molecule has 1 fully saturated rings. The molecule has 4 nitrogen and oxygen atoms in total. The van der Waals surface area contributed by atoms with Gasteiger partial charge in [0.2, 0.25) is 5.91 Å². The van der Waals surface area contributed by atoms with Crippen molar-refractivity contribution in [2.45, 2.75) is 45.9 Å². The van der Waals surface area contributed by atoms with E-state index in [1.165, 1.54) is 0 Å². The van der Waals surface area contributed by atoms with Crippen molar-refractivity contribution in [2.75, 3.05) is 18.4 Å². The van der Waals surface area contributed by atoms with Crippen LogP contribution in [0.15, 0.2) is 22.7 Å². The van der Waals surface area contributed by atoms with Gasteiger partial charge in [-0.2, -0.15) is 0 Å². The fourth-order valence-corrected chi connectivity index (χ4v) is 3.25. The zero-order valence-corrected chi connectivity index (χ0v) is 14.6. The molecule has 0 spiro atoms. The van der Waals surface area contributed by atoms with E-state index in [9.17, 15) is 4.79 Å². The second-order valence-corrected chi connectivity index (χ2v) is 6.71. The maximum atomic E-state index is 12.4. The average Bonchev–Trinajstić information content (AvgIpc) is 2.40. The molecule has 0 aliphatic carbocycles. The number of nitrogens with one attached hydrogen (secondary N) is 1. The highest BCUT2D eigenvalue weighted by Gasteiger charge is 2.29. The standard InChI is InChI=1S/C16H23BrN2O2/c1-10-5-6-15(14(17)7-10)18-16(20)13(4)19-8-11(2)21-12(3)9-19/h5-7,11-13H,8-9H2,1-4H3,(H,18,20)/t11-,12+,13-/m1/s1. The lowest BCUT2D eigenvalue weighted by Gasteiger charge is -2.38. The Balaban J connectivity index is 2.02. The Morgan fingerprint density at radius 3 is 2.57 bits per heavy atom. The quantitative estimate of drug-likeness (QED) is 0.906. The monoisotopic (exact) mass is 354 g/mol. The van der Waals surface area contributed by atoms with E-state index in [1.54, 1.807) is 0 Å². The Labute approximate surface area is 135 Å². The summed E-state index contributed by atoms with van der Waals surface area (Å²) in [6.45, 7) is 9.63. The predicted octanol–water partition coefficient (Wildman–Crippen LogP) is 3.19. The molecule has 1 heterocycles. The Bertz CT molecular complexity index is 511. The maximum Gasteiger partial charge on any atom is 0.241 e. The third kappa shape index (κ3) is 4.28. The van der Waals surface area contributed by atoms with Crippen molar-refractivity contribution in [3.63, 3.8) is 0 Å². The normalized spacial score (nSPS) is 24.6. The van der Waals surface area contributed by atoms with Crippen LogP contribution in [0.25, 0.3) is 0 Å². The molecule has 5 heteroatoms. The lowest BCUT2D eigenvalue weighted by Crippen LogP contribution is -2.52. The van der Waals surface area contributed by atoms with Crippen molar-refractivity contribution in [3.05, 3.63) is 28.2 Å². The summed E-state index contributed by atoms with van der Waals surface area (Å²) in [6.07, 6.45) is 0.324. The lowest BCUT2D eigenvalue weighted by atomic mass is 10.1. The third-order valence-corrected chi connectivity index (χ3v) is 4.41. The van der Waals surface area contributed by atoms with E-state index in [4.69, 9.17) is 4.74 Å². The summed E-state index contributed by atoms with van der Waals surface area (Å²) in [5, 5.41) is 3.00. The van der Waals surface area contributed by atoms with Crippen molar-refractivity contribution < 1.29 is 9.53 Å². The molecule has 0 unspecified atom stereocenters. The lowest BCUT2D eigenvalue weighted by molar-refractivity contribution is -0.126. The minimum atomic E-state index is -0.174.